The topological polar surface area (TPSA) is 71.5 Å². The van der Waals surface area contributed by atoms with Gasteiger partial charge in [-0.1, -0.05) is 22.9 Å². The van der Waals surface area contributed by atoms with Crippen LogP contribution in [0.3, 0.4) is 0 Å². The van der Waals surface area contributed by atoms with Crippen molar-refractivity contribution >= 4 is 65.3 Å². The van der Waals surface area contributed by atoms with E-state index in [1.807, 2.05) is 12.1 Å². The van der Waals surface area contributed by atoms with E-state index < -0.39 is 10.0 Å². The van der Waals surface area contributed by atoms with Crippen LogP contribution in [-0.4, -0.2) is 39.7 Å². The van der Waals surface area contributed by atoms with Crippen LogP contribution in [0.2, 0.25) is 4.34 Å². The van der Waals surface area contributed by atoms with Crippen LogP contribution in [0.4, 0.5) is 10.8 Å². The van der Waals surface area contributed by atoms with Gasteiger partial charge in [-0.3, -0.25) is 4.72 Å². The summed E-state index contributed by atoms with van der Waals surface area (Å²) in [6, 6.07) is 8.43. The predicted octanol–water partition coefficient (Wildman–Crippen LogP) is 3.65. The van der Waals surface area contributed by atoms with E-state index in [0.29, 0.717) is 23.2 Å². The highest BCUT2D eigenvalue weighted by atomic mass is 35.5. The standard InChI is InChI=1S/C15H14ClN3O3S3/c16-13-3-4-14(24-13)25(20,21)18-10-1-2-11-12(9-10)23-15(17-11)19-5-7-22-8-6-19/h1-4,9,18H,5-8H2. The Labute approximate surface area is 158 Å². The summed E-state index contributed by atoms with van der Waals surface area (Å²) in [5.74, 6) is 0. The number of nitrogens with zero attached hydrogens (tertiary/aromatic N) is 2. The maximum absolute atomic E-state index is 12.4. The highest BCUT2D eigenvalue weighted by Crippen LogP contribution is 2.32. The van der Waals surface area contributed by atoms with E-state index in [2.05, 4.69) is 14.6 Å². The van der Waals surface area contributed by atoms with E-state index in [9.17, 15) is 8.42 Å². The van der Waals surface area contributed by atoms with Crippen molar-refractivity contribution in [2.24, 2.45) is 0 Å². The smallest absolute Gasteiger partial charge is 0.271 e. The van der Waals surface area contributed by atoms with E-state index in [1.54, 1.807) is 23.5 Å². The fourth-order valence-corrected chi connectivity index (χ4v) is 6.10. The Morgan fingerprint density at radius 2 is 1.96 bits per heavy atom. The Kier molecular flexibility index (Phi) is 4.59. The lowest BCUT2D eigenvalue weighted by Gasteiger charge is -2.25. The van der Waals surface area contributed by atoms with E-state index in [4.69, 9.17) is 16.3 Å². The van der Waals surface area contributed by atoms with Crippen molar-refractivity contribution in [1.29, 1.82) is 0 Å². The van der Waals surface area contributed by atoms with Gasteiger partial charge in [0.2, 0.25) is 0 Å². The lowest BCUT2D eigenvalue weighted by atomic mass is 10.3. The minimum absolute atomic E-state index is 0.191. The largest absolute Gasteiger partial charge is 0.378 e. The van der Waals surface area contributed by atoms with Crippen LogP contribution in [0.1, 0.15) is 0 Å². The first-order chi connectivity index (χ1) is 12.0. The Balaban J connectivity index is 1.60. The van der Waals surface area contributed by atoms with E-state index in [-0.39, 0.29) is 4.21 Å². The molecule has 1 aromatic carbocycles. The number of nitrogens with one attached hydrogen (secondary N) is 1. The Bertz CT molecular complexity index is 1010. The molecule has 2 aromatic heterocycles. The number of sulfonamides is 1. The van der Waals surface area contributed by atoms with Crippen LogP contribution in [0.25, 0.3) is 10.2 Å². The molecule has 1 aliphatic rings. The fourth-order valence-electron chi connectivity index (χ4n) is 2.51. The molecule has 25 heavy (non-hydrogen) atoms. The first-order valence-corrected chi connectivity index (χ1v) is 11.0. The van der Waals surface area contributed by atoms with Crippen LogP contribution >= 0.6 is 34.3 Å². The van der Waals surface area contributed by atoms with Gasteiger partial charge in [0.05, 0.1) is 33.5 Å². The van der Waals surface area contributed by atoms with E-state index in [0.717, 1.165) is 39.8 Å². The number of benzene rings is 1. The molecule has 0 aliphatic carbocycles. The molecule has 1 fully saturated rings. The molecule has 0 amide bonds. The summed E-state index contributed by atoms with van der Waals surface area (Å²) in [7, 11) is -3.63. The SMILES string of the molecule is O=S(=O)(Nc1ccc2nc(N3CCOCC3)sc2c1)c1ccc(Cl)s1. The van der Waals surface area contributed by atoms with Gasteiger partial charge in [0.1, 0.15) is 4.21 Å². The third kappa shape index (κ3) is 3.61. The molecule has 0 bridgehead atoms. The monoisotopic (exact) mass is 415 g/mol. The fraction of sp³-hybridized carbons (Fsp3) is 0.267. The Morgan fingerprint density at radius 1 is 1.16 bits per heavy atom. The van der Waals surface area contributed by atoms with Crippen molar-refractivity contribution in [1.82, 2.24) is 4.98 Å². The Hall–Kier alpha value is -1.39. The zero-order chi connectivity index (χ0) is 17.4. The molecule has 3 aromatic rings. The molecule has 132 valence electrons. The average molecular weight is 416 g/mol. The van der Waals surface area contributed by atoms with Gasteiger partial charge in [0.25, 0.3) is 10.0 Å². The summed E-state index contributed by atoms with van der Waals surface area (Å²) in [5.41, 5.74) is 1.36. The third-order valence-electron chi connectivity index (χ3n) is 3.72. The van der Waals surface area contributed by atoms with Gasteiger partial charge >= 0.3 is 0 Å². The molecule has 0 saturated carbocycles. The minimum Gasteiger partial charge on any atom is -0.378 e. The van der Waals surface area contributed by atoms with Crippen LogP contribution in [0.5, 0.6) is 0 Å². The van der Waals surface area contributed by atoms with Gasteiger partial charge in [-0.2, -0.15) is 0 Å². The molecule has 0 radical (unpaired) electrons. The van der Waals surface area contributed by atoms with Crippen molar-refractivity contribution in [3.63, 3.8) is 0 Å². The van der Waals surface area contributed by atoms with Crippen LogP contribution in [0, 0.1) is 0 Å². The van der Waals surface area contributed by atoms with Crippen molar-refractivity contribution in [3.8, 4) is 0 Å². The number of morpholine rings is 1. The number of thiophene rings is 1. The van der Waals surface area contributed by atoms with Gasteiger partial charge in [-0.25, -0.2) is 13.4 Å². The molecule has 0 spiro atoms. The maximum Gasteiger partial charge on any atom is 0.271 e. The molecule has 1 N–H and O–H groups in total. The summed E-state index contributed by atoms with van der Waals surface area (Å²) in [4.78, 5) is 6.82. The summed E-state index contributed by atoms with van der Waals surface area (Å²) in [6.45, 7) is 3.03. The van der Waals surface area contributed by atoms with Gasteiger partial charge in [0.15, 0.2) is 5.13 Å². The van der Waals surface area contributed by atoms with Crippen molar-refractivity contribution < 1.29 is 13.2 Å². The molecule has 1 saturated heterocycles. The summed E-state index contributed by atoms with van der Waals surface area (Å²) < 4.78 is 34.3. The highest BCUT2D eigenvalue weighted by molar-refractivity contribution is 7.94. The van der Waals surface area contributed by atoms with Crippen LogP contribution in [-0.2, 0) is 14.8 Å². The zero-order valence-corrected chi connectivity index (χ0v) is 16.1. The maximum atomic E-state index is 12.4. The molecule has 3 heterocycles. The number of thiazole rings is 1. The molecule has 1 aliphatic heterocycles. The van der Waals surface area contributed by atoms with E-state index in [1.165, 1.54) is 6.07 Å². The lowest BCUT2D eigenvalue weighted by Crippen LogP contribution is -2.36. The number of rotatable bonds is 4. The zero-order valence-electron chi connectivity index (χ0n) is 12.9. The van der Waals surface area contributed by atoms with Gasteiger partial charge in [0, 0.05) is 13.1 Å². The normalized spacial score (nSPS) is 15.6. The summed E-state index contributed by atoms with van der Waals surface area (Å²) >= 11 is 8.41. The molecule has 6 nitrogen and oxygen atoms in total. The van der Waals surface area contributed by atoms with Crippen molar-refractivity contribution in [2.45, 2.75) is 4.21 Å². The molecule has 0 atom stereocenters. The second-order valence-corrected chi connectivity index (χ2v) is 10.1. The highest BCUT2D eigenvalue weighted by Gasteiger charge is 2.18. The summed E-state index contributed by atoms with van der Waals surface area (Å²) in [5, 5.41) is 0.934. The number of aromatic nitrogens is 1. The van der Waals surface area contributed by atoms with Gasteiger partial charge in [-0.05, 0) is 30.3 Å². The number of hydrogen-bond donors (Lipinski definition) is 1. The summed E-state index contributed by atoms with van der Waals surface area (Å²) in [6.07, 6.45) is 0. The average Bonchev–Trinajstić information content (AvgIpc) is 3.21. The number of anilines is 2. The molecular weight excluding hydrogens is 402 g/mol. The van der Waals surface area contributed by atoms with Crippen LogP contribution < -0.4 is 9.62 Å². The second-order valence-electron chi connectivity index (χ2n) is 5.44. The van der Waals surface area contributed by atoms with Gasteiger partial charge in [-0.15, -0.1) is 11.3 Å². The third-order valence-corrected chi connectivity index (χ3v) is 7.91. The molecule has 4 rings (SSSR count). The minimum atomic E-state index is -3.63. The van der Waals surface area contributed by atoms with Gasteiger partial charge < -0.3 is 9.64 Å². The number of fused-ring (bicyclic) bond motifs is 1. The molecule has 0 unspecified atom stereocenters. The molecular formula is C15H14ClN3O3S3. The lowest BCUT2D eigenvalue weighted by molar-refractivity contribution is 0.122. The number of halogens is 1. The van der Waals surface area contributed by atoms with E-state index >= 15 is 0 Å². The first kappa shape index (κ1) is 17.0. The van der Waals surface area contributed by atoms with Crippen molar-refractivity contribution in [3.05, 3.63) is 34.7 Å². The first-order valence-electron chi connectivity index (χ1n) is 7.53. The molecule has 10 heteroatoms. The predicted molar refractivity (Wildman–Crippen MR) is 103 cm³/mol. The van der Waals surface area contributed by atoms with Crippen molar-refractivity contribution in [2.75, 3.05) is 35.9 Å². The van der Waals surface area contributed by atoms with Crippen LogP contribution in [0.15, 0.2) is 34.5 Å². The number of ether oxygens (including phenoxy) is 1. The second kappa shape index (κ2) is 6.73. The number of hydrogen-bond acceptors (Lipinski definition) is 7. The quantitative estimate of drug-likeness (QED) is 0.704. The Morgan fingerprint density at radius 3 is 2.68 bits per heavy atom.